The van der Waals surface area contributed by atoms with E-state index in [0.717, 1.165) is 38.9 Å². The van der Waals surface area contributed by atoms with Crippen LogP contribution in [0.25, 0.3) is 0 Å². The monoisotopic (exact) mass is 342 g/mol. The topological polar surface area (TPSA) is 32.8 Å². The Morgan fingerprint density at radius 3 is 2.84 bits per heavy atom. The zero-order valence-corrected chi connectivity index (χ0v) is 15.5. The van der Waals surface area contributed by atoms with Crippen molar-refractivity contribution in [1.82, 2.24) is 9.80 Å². The molecule has 3 heterocycles. The number of piperidine rings is 2. The van der Waals surface area contributed by atoms with Gasteiger partial charge >= 0.3 is 0 Å². The predicted molar refractivity (Wildman–Crippen MR) is 98.1 cm³/mol. The van der Waals surface area contributed by atoms with Gasteiger partial charge in [0.2, 0.25) is 5.91 Å². The standard InChI is InChI=1S/C21H30N2O2/c1-16(2)19-15-25-21-11-13-22(12-10-17-6-4-3-5-7-17)14-18(21)8-9-20(24)23(19)21/h3-7,16,18-19H,8-15H2,1-2H3/t18?,19-,21?/m0/s1. The fourth-order valence-electron chi connectivity index (χ4n) is 4.99. The van der Waals surface area contributed by atoms with Gasteiger partial charge in [0.1, 0.15) is 5.72 Å². The van der Waals surface area contributed by atoms with E-state index in [-0.39, 0.29) is 11.8 Å². The summed E-state index contributed by atoms with van der Waals surface area (Å²) in [5.74, 6) is 1.22. The van der Waals surface area contributed by atoms with Crippen LogP contribution in [0.4, 0.5) is 0 Å². The molecule has 1 aromatic rings. The molecule has 0 aliphatic carbocycles. The van der Waals surface area contributed by atoms with Crippen LogP contribution in [0.3, 0.4) is 0 Å². The number of carbonyl (C=O) groups excluding carboxylic acids is 1. The summed E-state index contributed by atoms with van der Waals surface area (Å²) in [4.78, 5) is 17.4. The number of hydrogen-bond acceptors (Lipinski definition) is 3. The minimum Gasteiger partial charge on any atom is -0.353 e. The fourth-order valence-corrected chi connectivity index (χ4v) is 4.99. The number of benzene rings is 1. The van der Waals surface area contributed by atoms with Gasteiger partial charge in [0.25, 0.3) is 0 Å². The van der Waals surface area contributed by atoms with Gasteiger partial charge in [-0.15, -0.1) is 0 Å². The summed E-state index contributed by atoms with van der Waals surface area (Å²) in [6, 6.07) is 11.0. The van der Waals surface area contributed by atoms with Crippen LogP contribution >= 0.6 is 0 Å². The highest BCUT2D eigenvalue weighted by molar-refractivity contribution is 5.78. The first-order chi connectivity index (χ1) is 12.1. The molecule has 3 saturated heterocycles. The highest BCUT2D eigenvalue weighted by Crippen LogP contribution is 2.47. The van der Waals surface area contributed by atoms with E-state index in [1.165, 1.54) is 5.56 Å². The molecule has 1 spiro atoms. The van der Waals surface area contributed by atoms with E-state index in [9.17, 15) is 4.79 Å². The first kappa shape index (κ1) is 17.0. The molecule has 136 valence electrons. The largest absolute Gasteiger partial charge is 0.353 e. The Balaban J connectivity index is 1.44. The van der Waals surface area contributed by atoms with E-state index >= 15 is 0 Å². The van der Waals surface area contributed by atoms with Crippen molar-refractivity contribution in [3.05, 3.63) is 35.9 Å². The molecule has 0 saturated carbocycles. The van der Waals surface area contributed by atoms with Crippen molar-refractivity contribution in [3.63, 3.8) is 0 Å². The highest BCUT2D eigenvalue weighted by atomic mass is 16.5. The van der Waals surface area contributed by atoms with Crippen LogP contribution in [0, 0.1) is 11.8 Å². The number of nitrogens with zero attached hydrogens (tertiary/aromatic N) is 2. The summed E-state index contributed by atoms with van der Waals surface area (Å²) in [7, 11) is 0. The maximum absolute atomic E-state index is 12.7. The Kier molecular flexibility index (Phi) is 4.59. The van der Waals surface area contributed by atoms with Crippen molar-refractivity contribution in [3.8, 4) is 0 Å². The van der Waals surface area contributed by atoms with Gasteiger partial charge in [0.05, 0.1) is 12.6 Å². The Morgan fingerprint density at radius 1 is 1.28 bits per heavy atom. The molecular formula is C21H30N2O2. The molecule has 3 aliphatic heterocycles. The quantitative estimate of drug-likeness (QED) is 0.843. The SMILES string of the molecule is CC(C)[C@@H]1COC23CCN(CCc4ccccc4)CC2CCC(=O)N13. The van der Waals surface area contributed by atoms with Gasteiger partial charge in [0, 0.05) is 38.4 Å². The lowest BCUT2D eigenvalue weighted by Gasteiger charge is -2.53. The zero-order valence-electron chi connectivity index (χ0n) is 15.5. The summed E-state index contributed by atoms with van der Waals surface area (Å²) in [6.45, 7) is 8.30. The minimum atomic E-state index is -0.312. The van der Waals surface area contributed by atoms with Gasteiger partial charge in [-0.05, 0) is 24.3 Å². The summed E-state index contributed by atoms with van der Waals surface area (Å²) in [5.41, 5.74) is 1.09. The van der Waals surface area contributed by atoms with Gasteiger partial charge in [-0.2, -0.15) is 0 Å². The third-order valence-corrected chi connectivity index (χ3v) is 6.45. The predicted octanol–water partition coefficient (Wildman–Crippen LogP) is 2.92. The summed E-state index contributed by atoms with van der Waals surface area (Å²) in [5, 5.41) is 0. The average molecular weight is 342 g/mol. The molecule has 0 N–H and O–H groups in total. The average Bonchev–Trinajstić information content (AvgIpc) is 3.02. The molecule has 0 radical (unpaired) electrons. The van der Waals surface area contributed by atoms with Crippen LogP contribution in [0.15, 0.2) is 30.3 Å². The van der Waals surface area contributed by atoms with Crippen molar-refractivity contribution < 1.29 is 9.53 Å². The first-order valence-electron chi connectivity index (χ1n) is 9.82. The van der Waals surface area contributed by atoms with E-state index < -0.39 is 0 Å². The Labute approximate surface area is 151 Å². The van der Waals surface area contributed by atoms with E-state index in [2.05, 4.69) is 54.0 Å². The van der Waals surface area contributed by atoms with Gasteiger partial charge < -0.3 is 14.5 Å². The zero-order chi connectivity index (χ0) is 17.4. The second-order valence-electron chi connectivity index (χ2n) is 8.25. The van der Waals surface area contributed by atoms with E-state index in [0.29, 0.717) is 30.8 Å². The highest BCUT2D eigenvalue weighted by Gasteiger charge is 2.58. The molecule has 4 nitrogen and oxygen atoms in total. The normalized spacial score (nSPS) is 32.8. The lowest BCUT2D eigenvalue weighted by molar-refractivity contribution is -0.192. The van der Waals surface area contributed by atoms with Crippen molar-refractivity contribution in [2.45, 2.75) is 51.3 Å². The number of hydrogen-bond donors (Lipinski definition) is 0. The van der Waals surface area contributed by atoms with E-state index in [4.69, 9.17) is 4.74 Å². The van der Waals surface area contributed by atoms with Crippen LogP contribution in [0.2, 0.25) is 0 Å². The van der Waals surface area contributed by atoms with Crippen molar-refractivity contribution in [2.24, 2.45) is 11.8 Å². The van der Waals surface area contributed by atoms with Gasteiger partial charge in [-0.1, -0.05) is 44.2 Å². The molecule has 3 fully saturated rings. The van der Waals surface area contributed by atoms with Crippen molar-refractivity contribution in [1.29, 1.82) is 0 Å². The lowest BCUT2D eigenvalue weighted by Crippen LogP contribution is -2.65. The van der Waals surface area contributed by atoms with Gasteiger partial charge in [0.15, 0.2) is 0 Å². The number of carbonyl (C=O) groups is 1. The molecule has 1 aromatic carbocycles. The second-order valence-corrected chi connectivity index (χ2v) is 8.25. The van der Waals surface area contributed by atoms with E-state index in [1.807, 2.05) is 0 Å². The molecule has 1 amide bonds. The van der Waals surface area contributed by atoms with Crippen LogP contribution in [0.1, 0.15) is 38.7 Å². The maximum Gasteiger partial charge on any atom is 0.225 e. The second kappa shape index (κ2) is 6.73. The maximum atomic E-state index is 12.7. The Morgan fingerprint density at radius 2 is 2.08 bits per heavy atom. The Bertz CT molecular complexity index is 618. The molecule has 0 aromatic heterocycles. The number of rotatable bonds is 4. The van der Waals surface area contributed by atoms with Gasteiger partial charge in [-0.25, -0.2) is 0 Å². The molecule has 0 bridgehead atoms. The number of likely N-dealkylation sites (tertiary alicyclic amines) is 1. The van der Waals surface area contributed by atoms with Crippen molar-refractivity contribution >= 4 is 5.91 Å². The third-order valence-electron chi connectivity index (χ3n) is 6.45. The number of ether oxygens (including phenoxy) is 1. The fraction of sp³-hybridized carbons (Fsp3) is 0.667. The Hall–Kier alpha value is -1.39. The molecule has 2 unspecified atom stereocenters. The molecule has 3 aliphatic rings. The minimum absolute atomic E-state index is 0.256. The molecule has 4 heteroatoms. The summed E-state index contributed by atoms with van der Waals surface area (Å²) < 4.78 is 6.38. The molecule has 25 heavy (non-hydrogen) atoms. The van der Waals surface area contributed by atoms with Crippen molar-refractivity contribution in [2.75, 3.05) is 26.2 Å². The third kappa shape index (κ3) is 3.00. The smallest absolute Gasteiger partial charge is 0.225 e. The molecule has 4 rings (SSSR count). The van der Waals surface area contributed by atoms with E-state index in [1.54, 1.807) is 0 Å². The van der Waals surface area contributed by atoms with Gasteiger partial charge in [-0.3, -0.25) is 4.79 Å². The summed E-state index contributed by atoms with van der Waals surface area (Å²) in [6.07, 6.45) is 3.72. The lowest BCUT2D eigenvalue weighted by atomic mass is 9.79. The first-order valence-corrected chi connectivity index (χ1v) is 9.82. The summed E-state index contributed by atoms with van der Waals surface area (Å²) >= 11 is 0. The molecule has 3 atom stereocenters. The van der Waals surface area contributed by atoms with Crippen LogP contribution in [0.5, 0.6) is 0 Å². The van der Waals surface area contributed by atoms with Crippen LogP contribution < -0.4 is 0 Å². The number of amides is 1. The van der Waals surface area contributed by atoms with Crippen LogP contribution in [-0.2, 0) is 16.0 Å². The van der Waals surface area contributed by atoms with Crippen LogP contribution in [-0.4, -0.2) is 53.7 Å². The molecular weight excluding hydrogens is 312 g/mol.